The fourth-order valence-corrected chi connectivity index (χ4v) is 2.88. The molecule has 1 aliphatic carbocycles. The van der Waals surface area contributed by atoms with E-state index in [1.54, 1.807) is 0 Å². The highest BCUT2D eigenvalue weighted by Crippen LogP contribution is 2.23. The van der Waals surface area contributed by atoms with E-state index in [4.69, 9.17) is 5.73 Å². The zero-order chi connectivity index (χ0) is 14.4. The molecule has 0 heterocycles. The molecule has 3 nitrogen and oxygen atoms in total. The highest BCUT2D eigenvalue weighted by atomic mass is 16.1. The summed E-state index contributed by atoms with van der Waals surface area (Å²) in [7, 11) is 0. The quantitative estimate of drug-likeness (QED) is 0.866. The minimum absolute atomic E-state index is 0.126. The van der Waals surface area contributed by atoms with Crippen molar-refractivity contribution in [2.75, 3.05) is 6.54 Å². The predicted octanol–water partition coefficient (Wildman–Crippen LogP) is 2.43. The van der Waals surface area contributed by atoms with Gasteiger partial charge in [0.1, 0.15) is 0 Å². The highest BCUT2D eigenvalue weighted by molar-refractivity contribution is 5.78. The Morgan fingerprint density at radius 1 is 1.25 bits per heavy atom. The molecule has 2 rings (SSSR count). The fourth-order valence-electron chi connectivity index (χ4n) is 2.88. The van der Waals surface area contributed by atoms with E-state index >= 15 is 0 Å². The van der Waals surface area contributed by atoms with Crippen LogP contribution in [0, 0.1) is 5.92 Å². The van der Waals surface area contributed by atoms with Crippen molar-refractivity contribution in [3.05, 3.63) is 35.4 Å². The average Bonchev–Trinajstić information content (AvgIpc) is 2.48. The van der Waals surface area contributed by atoms with Crippen LogP contribution in [-0.2, 0) is 17.6 Å². The number of carbonyl (C=O) groups is 1. The molecular formula is C17H26N2O. The predicted molar refractivity (Wildman–Crippen MR) is 82.5 cm³/mol. The van der Waals surface area contributed by atoms with Gasteiger partial charge in [0.05, 0.1) is 0 Å². The molecule has 2 unspecified atom stereocenters. The van der Waals surface area contributed by atoms with Crippen LogP contribution in [0.1, 0.15) is 43.7 Å². The first kappa shape index (κ1) is 15.0. The van der Waals surface area contributed by atoms with Gasteiger partial charge in [-0.2, -0.15) is 0 Å². The number of aryl methyl sites for hydroxylation is 1. The summed E-state index contributed by atoms with van der Waals surface area (Å²) in [6.45, 7) is 2.88. The lowest BCUT2D eigenvalue weighted by atomic mass is 9.85. The minimum atomic E-state index is 0.126. The van der Waals surface area contributed by atoms with Crippen LogP contribution < -0.4 is 11.1 Å². The smallest absolute Gasteiger partial charge is 0.223 e. The van der Waals surface area contributed by atoms with Gasteiger partial charge in [-0.05, 0) is 43.2 Å². The normalized spacial score (nSPS) is 22.5. The standard InChI is InChI=1S/C17H26N2O/c1-2-13-6-8-14(9-7-13)10-11-19-17(20)15-4-3-5-16(18)12-15/h6-9,15-16H,2-5,10-12,18H2,1H3,(H,19,20). The number of nitrogens with one attached hydrogen (secondary N) is 1. The number of carbonyl (C=O) groups excluding carboxylic acids is 1. The number of rotatable bonds is 5. The van der Waals surface area contributed by atoms with Crippen molar-refractivity contribution in [3.8, 4) is 0 Å². The molecule has 1 fully saturated rings. The molecule has 1 aromatic rings. The Labute approximate surface area is 121 Å². The second-order valence-corrected chi connectivity index (χ2v) is 5.83. The molecule has 0 bridgehead atoms. The molecule has 0 saturated heterocycles. The van der Waals surface area contributed by atoms with E-state index in [0.29, 0.717) is 0 Å². The number of hydrogen-bond acceptors (Lipinski definition) is 2. The van der Waals surface area contributed by atoms with E-state index in [2.05, 4.69) is 36.5 Å². The van der Waals surface area contributed by atoms with Gasteiger partial charge in [-0.3, -0.25) is 4.79 Å². The van der Waals surface area contributed by atoms with Crippen LogP contribution in [0.25, 0.3) is 0 Å². The van der Waals surface area contributed by atoms with Crippen LogP contribution in [0.15, 0.2) is 24.3 Å². The van der Waals surface area contributed by atoms with Crippen LogP contribution in [0.2, 0.25) is 0 Å². The lowest BCUT2D eigenvalue weighted by Crippen LogP contribution is -2.38. The zero-order valence-corrected chi connectivity index (χ0v) is 12.4. The van der Waals surface area contributed by atoms with Gasteiger partial charge in [-0.15, -0.1) is 0 Å². The van der Waals surface area contributed by atoms with Gasteiger partial charge in [0.15, 0.2) is 0 Å². The maximum absolute atomic E-state index is 12.1. The Morgan fingerprint density at radius 3 is 2.60 bits per heavy atom. The maximum atomic E-state index is 12.1. The summed E-state index contributed by atoms with van der Waals surface area (Å²) in [6, 6.07) is 8.85. The van der Waals surface area contributed by atoms with Crippen molar-refractivity contribution in [2.24, 2.45) is 11.7 Å². The number of benzene rings is 1. The Bertz CT molecular complexity index is 427. The zero-order valence-electron chi connectivity index (χ0n) is 12.4. The van der Waals surface area contributed by atoms with E-state index in [-0.39, 0.29) is 17.9 Å². The third kappa shape index (κ3) is 4.34. The molecule has 0 aliphatic heterocycles. The summed E-state index contributed by atoms with van der Waals surface area (Å²) in [5.74, 6) is 0.312. The SMILES string of the molecule is CCc1ccc(CCNC(=O)C2CCCC(N)C2)cc1. The van der Waals surface area contributed by atoms with Gasteiger partial charge < -0.3 is 11.1 Å². The van der Waals surface area contributed by atoms with Crippen LogP contribution in [0.5, 0.6) is 0 Å². The average molecular weight is 274 g/mol. The Morgan fingerprint density at radius 2 is 1.95 bits per heavy atom. The molecule has 0 radical (unpaired) electrons. The highest BCUT2D eigenvalue weighted by Gasteiger charge is 2.24. The Hall–Kier alpha value is -1.35. The van der Waals surface area contributed by atoms with Crippen molar-refractivity contribution in [1.29, 1.82) is 0 Å². The second kappa shape index (κ2) is 7.44. The largest absolute Gasteiger partial charge is 0.356 e. The van der Waals surface area contributed by atoms with Crippen LogP contribution in [0.4, 0.5) is 0 Å². The van der Waals surface area contributed by atoms with Crippen molar-refractivity contribution < 1.29 is 4.79 Å². The van der Waals surface area contributed by atoms with Crippen molar-refractivity contribution >= 4 is 5.91 Å². The fraction of sp³-hybridized carbons (Fsp3) is 0.588. The Kier molecular flexibility index (Phi) is 5.60. The topological polar surface area (TPSA) is 55.1 Å². The molecule has 110 valence electrons. The maximum Gasteiger partial charge on any atom is 0.223 e. The number of nitrogens with two attached hydrogens (primary N) is 1. The molecule has 0 aromatic heterocycles. The monoisotopic (exact) mass is 274 g/mol. The first-order valence-corrected chi connectivity index (χ1v) is 7.80. The summed E-state index contributed by atoms with van der Waals surface area (Å²) in [5.41, 5.74) is 8.57. The van der Waals surface area contributed by atoms with E-state index in [1.807, 2.05) is 0 Å². The molecule has 3 heteroatoms. The summed E-state index contributed by atoms with van der Waals surface area (Å²) in [5, 5.41) is 3.06. The summed E-state index contributed by atoms with van der Waals surface area (Å²) >= 11 is 0. The third-order valence-electron chi connectivity index (χ3n) is 4.23. The van der Waals surface area contributed by atoms with Gasteiger partial charge in [-0.1, -0.05) is 37.6 Å². The molecule has 0 spiro atoms. The lowest BCUT2D eigenvalue weighted by Gasteiger charge is -2.25. The van der Waals surface area contributed by atoms with E-state index in [0.717, 1.165) is 45.1 Å². The van der Waals surface area contributed by atoms with Gasteiger partial charge >= 0.3 is 0 Å². The Balaban J connectivity index is 1.73. The van der Waals surface area contributed by atoms with Gasteiger partial charge in [0.2, 0.25) is 5.91 Å². The van der Waals surface area contributed by atoms with Crippen molar-refractivity contribution in [1.82, 2.24) is 5.32 Å². The van der Waals surface area contributed by atoms with Crippen molar-refractivity contribution in [3.63, 3.8) is 0 Å². The summed E-state index contributed by atoms with van der Waals surface area (Å²) in [6.07, 6.45) is 5.94. The molecule has 2 atom stereocenters. The molecule has 1 aliphatic rings. The first-order valence-electron chi connectivity index (χ1n) is 7.80. The number of hydrogen-bond donors (Lipinski definition) is 2. The van der Waals surface area contributed by atoms with E-state index < -0.39 is 0 Å². The van der Waals surface area contributed by atoms with E-state index in [9.17, 15) is 4.79 Å². The van der Waals surface area contributed by atoms with Gasteiger partial charge in [-0.25, -0.2) is 0 Å². The summed E-state index contributed by atoms with van der Waals surface area (Å²) in [4.78, 5) is 12.1. The van der Waals surface area contributed by atoms with Gasteiger partial charge in [0.25, 0.3) is 0 Å². The molecule has 1 saturated carbocycles. The third-order valence-corrected chi connectivity index (χ3v) is 4.23. The summed E-state index contributed by atoms with van der Waals surface area (Å²) < 4.78 is 0. The molecule has 3 N–H and O–H groups in total. The molecule has 1 amide bonds. The van der Waals surface area contributed by atoms with Crippen LogP contribution >= 0.6 is 0 Å². The van der Waals surface area contributed by atoms with Gasteiger partial charge in [0, 0.05) is 18.5 Å². The molecule has 20 heavy (non-hydrogen) atoms. The number of amides is 1. The second-order valence-electron chi connectivity index (χ2n) is 5.83. The molecule has 1 aromatic carbocycles. The lowest BCUT2D eigenvalue weighted by molar-refractivity contribution is -0.126. The van der Waals surface area contributed by atoms with E-state index in [1.165, 1.54) is 11.1 Å². The first-order chi connectivity index (χ1) is 9.69. The van der Waals surface area contributed by atoms with Crippen LogP contribution in [0.3, 0.4) is 0 Å². The molecular weight excluding hydrogens is 248 g/mol. The minimum Gasteiger partial charge on any atom is -0.356 e. The van der Waals surface area contributed by atoms with Crippen LogP contribution in [-0.4, -0.2) is 18.5 Å². The van der Waals surface area contributed by atoms with Crippen molar-refractivity contribution in [2.45, 2.75) is 51.5 Å².